The van der Waals surface area contributed by atoms with Gasteiger partial charge in [0.1, 0.15) is 6.04 Å². The van der Waals surface area contributed by atoms with Gasteiger partial charge in [0.25, 0.3) is 5.91 Å². The van der Waals surface area contributed by atoms with Crippen LogP contribution in [0, 0.1) is 0 Å². The Labute approximate surface area is 165 Å². The molecule has 2 N–H and O–H groups in total. The number of carbonyl (C=O) groups is 4. The summed E-state index contributed by atoms with van der Waals surface area (Å²) < 4.78 is 4.59. The maximum absolute atomic E-state index is 12.8. The molecule has 2 aliphatic rings. The minimum absolute atomic E-state index is 0.0792. The Kier molecular flexibility index (Phi) is 4.67. The average molecular weight is 395 g/mol. The van der Waals surface area contributed by atoms with E-state index in [1.807, 2.05) is 0 Å². The fourth-order valence-corrected chi connectivity index (χ4v) is 3.45. The van der Waals surface area contributed by atoms with Crippen LogP contribution in [-0.2, 0) is 20.9 Å². The standard InChI is InChI=1S/C19H17N5O5/c1-29-19(28)13-5-7-15(23-22-13)20-12-4-2-3-10-11(12)9-24(18(10)27)14-6-8-16(25)21-17(14)26/h2-5,7,14H,6,8-9H2,1H3,(H,20,23)(H,21,25,26). The van der Waals surface area contributed by atoms with E-state index in [2.05, 4.69) is 25.6 Å². The van der Waals surface area contributed by atoms with Gasteiger partial charge in [-0.25, -0.2) is 4.79 Å². The van der Waals surface area contributed by atoms with Crippen molar-refractivity contribution in [2.75, 3.05) is 12.4 Å². The van der Waals surface area contributed by atoms with Gasteiger partial charge in [-0.05, 0) is 30.7 Å². The summed E-state index contributed by atoms with van der Waals surface area (Å²) in [5.41, 5.74) is 1.93. The third kappa shape index (κ3) is 3.40. The van der Waals surface area contributed by atoms with Crippen molar-refractivity contribution in [3.8, 4) is 0 Å². The van der Waals surface area contributed by atoms with Crippen LogP contribution in [0.15, 0.2) is 30.3 Å². The summed E-state index contributed by atoms with van der Waals surface area (Å²) in [4.78, 5) is 49.3. The second-order valence-corrected chi connectivity index (χ2v) is 6.65. The van der Waals surface area contributed by atoms with E-state index in [1.165, 1.54) is 18.1 Å². The Morgan fingerprint density at radius 3 is 2.72 bits per heavy atom. The zero-order valence-electron chi connectivity index (χ0n) is 15.5. The molecule has 10 heteroatoms. The molecule has 2 aromatic rings. The number of piperidine rings is 1. The van der Waals surface area contributed by atoms with Crippen LogP contribution in [0.4, 0.5) is 11.5 Å². The molecule has 0 radical (unpaired) electrons. The number of anilines is 2. The number of carbonyl (C=O) groups excluding carboxylic acids is 4. The highest BCUT2D eigenvalue weighted by molar-refractivity contribution is 6.06. The molecule has 4 rings (SSSR count). The average Bonchev–Trinajstić information content (AvgIpc) is 3.05. The summed E-state index contributed by atoms with van der Waals surface area (Å²) in [6, 6.07) is 7.58. The Bertz CT molecular complexity index is 1020. The Balaban J connectivity index is 1.56. The molecule has 1 aromatic heterocycles. The van der Waals surface area contributed by atoms with Gasteiger partial charge in [-0.15, -0.1) is 10.2 Å². The van der Waals surface area contributed by atoms with E-state index < -0.39 is 17.9 Å². The van der Waals surface area contributed by atoms with Crippen LogP contribution in [0.25, 0.3) is 0 Å². The summed E-state index contributed by atoms with van der Waals surface area (Å²) in [6.45, 7) is 0.233. The number of imide groups is 1. The quantitative estimate of drug-likeness (QED) is 0.573. The normalized spacial score (nSPS) is 18.3. The third-order valence-electron chi connectivity index (χ3n) is 4.90. The van der Waals surface area contributed by atoms with Crippen molar-refractivity contribution in [2.24, 2.45) is 0 Å². The van der Waals surface area contributed by atoms with Gasteiger partial charge in [0.15, 0.2) is 11.5 Å². The van der Waals surface area contributed by atoms with Gasteiger partial charge in [0.2, 0.25) is 11.8 Å². The number of hydrogen-bond acceptors (Lipinski definition) is 8. The Morgan fingerprint density at radius 1 is 1.21 bits per heavy atom. The van der Waals surface area contributed by atoms with Crippen LogP contribution < -0.4 is 10.6 Å². The first kappa shape index (κ1) is 18.5. The van der Waals surface area contributed by atoms with Gasteiger partial charge in [0.05, 0.1) is 7.11 Å². The minimum Gasteiger partial charge on any atom is -0.464 e. The molecule has 1 fully saturated rings. The third-order valence-corrected chi connectivity index (χ3v) is 4.90. The van der Waals surface area contributed by atoms with E-state index in [0.29, 0.717) is 23.5 Å². The first-order chi connectivity index (χ1) is 14.0. The van der Waals surface area contributed by atoms with E-state index in [4.69, 9.17) is 0 Å². The van der Waals surface area contributed by atoms with Crippen molar-refractivity contribution in [1.82, 2.24) is 20.4 Å². The van der Waals surface area contributed by atoms with Crippen molar-refractivity contribution in [3.05, 3.63) is 47.2 Å². The first-order valence-electron chi connectivity index (χ1n) is 8.93. The number of amides is 3. The molecule has 29 heavy (non-hydrogen) atoms. The number of aromatic nitrogens is 2. The second kappa shape index (κ2) is 7.30. The van der Waals surface area contributed by atoms with Gasteiger partial charge < -0.3 is 15.0 Å². The van der Waals surface area contributed by atoms with Gasteiger partial charge in [0, 0.05) is 29.8 Å². The molecule has 1 atom stereocenters. The first-order valence-corrected chi connectivity index (χ1v) is 8.93. The zero-order valence-corrected chi connectivity index (χ0v) is 15.5. The molecule has 148 valence electrons. The summed E-state index contributed by atoms with van der Waals surface area (Å²) in [5.74, 6) is -1.24. The molecule has 3 amide bonds. The largest absolute Gasteiger partial charge is 0.464 e. The molecule has 1 aromatic carbocycles. The number of hydrogen-bond donors (Lipinski definition) is 2. The molecule has 10 nitrogen and oxygen atoms in total. The van der Waals surface area contributed by atoms with E-state index in [-0.39, 0.29) is 30.5 Å². The number of nitrogens with one attached hydrogen (secondary N) is 2. The highest BCUT2D eigenvalue weighted by Gasteiger charge is 2.39. The molecule has 1 unspecified atom stereocenters. The number of benzene rings is 1. The maximum Gasteiger partial charge on any atom is 0.358 e. The number of ether oxygens (including phenoxy) is 1. The number of rotatable bonds is 4. The van der Waals surface area contributed by atoms with Crippen LogP contribution in [0.2, 0.25) is 0 Å². The van der Waals surface area contributed by atoms with Crippen molar-refractivity contribution in [3.63, 3.8) is 0 Å². The molecule has 0 spiro atoms. The monoisotopic (exact) mass is 395 g/mol. The summed E-state index contributed by atoms with van der Waals surface area (Å²) in [7, 11) is 1.26. The van der Waals surface area contributed by atoms with Crippen molar-refractivity contribution >= 4 is 35.2 Å². The zero-order chi connectivity index (χ0) is 20.5. The van der Waals surface area contributed by atoms with Crippen LogP contribution >= 0.6 is 0 Å². The minimum atomic E-state index is -0.681. The van der Waals surface area contributed by atoms with Gasteiger partial charge in [-0.2, -0.15) is 0 Å². The molecule has 0 bridgehead atoms. The second-order valence-electron chi connectivity index (χ2n) is 6.65. The molecule has 3 heterocycles. The summed E-state index contributed by atoms with van der Waals surface area (Å²) in [6.07, 6.45) is 0.497. The Morgan fingerprint density at radius 2 is 2.03 bits per heavy atom. The highest BCUT2D eigenvalue weighted by atomic mass is 16.5. The van der Waals surface area contributed by atoms with Gasteiger partial charge >= 0.3 is 5.97 Å². The van der Waals surface area contributed by atoms with Gasteiger partial charge in [-0.3, -0.25) is 19.7 Å². The number of fused-ring (bicyclic) bond motifs is 1. The van der Waals surface area contributed by atoms with Crippen molar-refractivity contribution in [2.45, 2.75) is 25.4 Å². The summed E-state index contributed by atoms with van der Waals surface area (Å²) in [5, 5.41) is 13.1. The predicted octanol–water partition coefficient (Wildman–Crippen LogP) is 0.768. The SMILES string of the molecule is COC(=O)c1ccc(Nc2cccc3c2CN(C2CCC(=O)NC2=O)C3=O)nn1. The molecule has 0 saturated carbocycles. The highest BCUT2D eigenvalue weighted by Crippen LogP contribution is 2.33. The lowest BCUT2D eigenvalue weighted by Gasteiger charge is -2.29. The summed E-state index contributed by atoms with van der Waals surface area (Å²) >= 11 is 0. The lowest BCUT2D eigenvalue weighted by atomic mass is 10.0. The smallest absolute Gasteiger partial charge is 0.358 e. The molecular formula is C19H17N5O5. The van der Waals surface area contributed by atoms with Crippen molar-refractivity contribution in [1.29, 1.82) is 0 Å². The van der Waals surface area contributed by atoms with Crippen LogP contribution in [0.3, 0.4) is 0 Å². The topological polar surface area (TPSA) is 131 Å². The predicted molar refractivity (Wildman–Crippen MR) is 99.1 cm³/mol. The molecule has 0 aliphatic carbocycles. The maximum atomic E-state index is 12.8. The lowest BCUT2D eigenvalue weighted by Crippen LogP contribution is -2.52. The number of methoxy groups -OCH3 is 1. The van der Waals surface area contributed by atoms with E-state index in [1.54, 1.807) is 24.3 Å². The van der Waals surface area contributed by atoms with Crippen LogP contribution in [-0.4, -0.2) is 51.9 Å². The van der Waals surface area contributed by atoms with E-state index in [9.17, 15) is 19.2 Å². The van der Waals surface area contributed by atoms with Crippen molar-refractivity contribution < 1.29 is 23.9 Å². The number of esters is 1. The molecule has 2 aliphatic heterocycles. The van der Waals surface area contributed by atoms with Crippen LogP contribution in [0.5, 0.6) is 0 Å². The van der Waals surface area contributed by atoms with Gasteiger partial charge in [-0.1, -0.05) is 6.07 Å². The molecular weight excluding hydrogens is 378 g/mol. The Hall–Kier alpha value is -3.82. The fourth-order valence-electron chi connectivity index (χ4n) is 3.45. The van der Waals surface area contributed by atoms with Crippen LogP contribution in [0.1, 0.15) is 39.3 Å². The fraction of sp³-hybridized carbons (Fsp3) is 0.263. The molecule has 1 saturated heterocycles. The van der Waals surface area contributed by atoms with E-state index >= 15 is 0 Å². The van der Waals surface area contributed by atoms with E-state index in [0.717, 1.165) is 5.56 Å². The lowest BCUT2D eigenvalue weighted by molar-refractivity contribution is -0.136. The number of nitrogens with zero attached hydrogens (tertiary/aromatic N) is 3.